The van der Waals surface area contributed by atoms with Gasteiger partial charge in [-0.25, -0.2) is 4.79 Å². The molecule has 12 nitrogen and oxygen atoms in total. The number of benzene rings is 1. The van der Waals surface area contributed by atoms with Crippen LogP contribution in [0.3, 0.4) is 0 Å². The quantitative estimate of drug-likeness (QED) is 0.471. The molecule has 1 saturated heterocycles. The van der Waals surface area contributed by atoms with Crippen molar-refractivity contribution in [3.8, 4) is 5.75 Å². The van der Waals surface area contributed by atoms with Gasteiger partial charge in [-0.2, -0.15) is 0 Å². The Kier molecular flexibility index (Phi) is 9.31. The van der Waals surface area contributed by atoms with E-state index in [-0.39, 0.29) is 54.1 Å². The van der Waals surface area contributed by atoms with Gasteiger partial charge >= 0.3 is 6.03 Å². The number of fused-ring (bicyclic) bond motifs is 1. The summed E-state index contributed by atoms with van der Waals surface area (Å²) in [6.45, 7) is 8.51. The number of aliphatic hydroxyl groups is 1. The van der Waals surface area contributed by atoms with Gasteiger partial charge in [-0.15, -0.1) is 0 Å². The Morgan fingerprint density at radius 2 is 1.95 bits per heavy atom. The molecule has 1 fully saturated rings. The van der Waals surface area contributed by atoms with E-state index in [2.05, 4.69) is 15.8 Å². The number of carbonyl (C=O) groups is 3. The summed E-state index contributed by atoms with van der Waals surface area (Å²) in [7, 11) is 1.65. The number of ether oxygens (including phenoxy) is 2. The standard InChI is InChI=1S/C28H39N5O7/c1-16-13-33(17(2)15-34)27(36)21-7-6-8-22(29-26(35)20-9-11-38-12-10-20)25(21)39-23(16)14-32(5)28(37)30-24-18(3)31-40-19(24)4/h6-8,16-17,20,23,34H,9-15H2,1-5H3,(H,29,35)(H,30,37)/t16-,17-,23-/m0/s1. The Balaban J connectivity index is 1.63. The van der Waals surface area contributed by atoms with Crippen LogP contribution >= 0.6 is 0 Å². The second-order valence-electron chi connectivity index (χ2n) is 10.7. The average Bonchev–Trinajstić information content (AvgIpc) is 3.27. The Morgan fingerprint density at radius 1 is 1.23 bits per heavy atom. The molecule has 12 heteroatoms. The summed E-state index contributed by atoms with van der Waals surface area (Å²) < 4.78 is 17.0. The lowest BCUT2D eigenvalue weighted by atomic mass is 9.98. The number of aryl methyl sites for hydroxylation is 2. The van der Waals surface area contributed by atoms with Crippen LogP contribution in [0.25, 0.3) is 0 Å². The molecule has 0 aliphatic carbocycles. The molecule has 3 N–H and O–H groups in total. The van der Waals surface area contributed by atoms with Crippen molar-refractivity contribution in [2.75, 3.05) is 50.6 Å². The summed E-state index contributed by atoms with van der Waals surface area (Å²) in [6.07, 6.45) is 0.696. The smallest absolute Gasteiger partial charge is 0.321 e. The van der Waals surface area contributed by atoms with Gasteiger partial charge in [0.2, 0.25) is 5.91 Å². The molecule has 2 aromatic rings. The number of amides is 4. The van der Waals surface area contributed by atoms with Gasteiger partial charge in [-0.05, 0) is 45.7 Å². The maximum Gasteiger partial charge on any atom is 0.321 e. The summed E-state index contributed by atoms with van der Waals surface area (Å²) in [6, 6.07) is 4.25. The van der Waals surface area contributed by atoms with Crippen LogP contribution in [0.1, 0.15) is 48.5 Å². The Morgan fingerprint density at radius 3 is 2.60 bits per heavy atom. The highest BCUT2D eigenvalue weighted by Gasteiger charge is 2.35. The van der Waals surface area contributed by atoms with Crippen molar-refractivity contribution < 1.29 is 33.5 Å². The minimum Gasteiger partial charge on any atom is -0.485 e. The summed E-state index contributed by atoms with van der Waals surface area (Å²) in [5.41, 5.74) is 1.76. The number of carbonyl (C=O) groups excluding carboxylic acids is 3. The molecule has 0 radical (unpaired) electrons. The van der Waals surface area contributed by atoms with Gasteiger partial charge in [0.15, 0.2) is 11.5 Å². The zero-order valence-electron chi connectivity index (χ0n) is 23.7. The van der Waals surface area contributed by atoms with E-state index in [1.165, 1.54) is 4.90 Å². The maximum absolute atomic E-state index is 13.7. The van der Waals surface area contributed by atoms with E-state index in [1.54, 1.807) is 50.9 Å². The van der Waals surface area contributed by atoms with Gasteiger partial charge in [0.25, 0.3) is 5.91 Å². The second-order valence-corrected chi connectivity index (χ2v) is 10.7. The minimum atomic E-state index is -0.540. The van der Waals surface area contributed by atoms with Crippen molar-refractivity contribution in [2.45, 2.75) is 52.7 Å². The van der Waals surface area contributed by atoms with Crippen molar-refractivity contribution in [2.24, 2.45) is 11.8 Å². The van der Waals surface area contributed by atoms with Gasteiger partial charge in [0.1, 0.15) is 17.5 Å². The summed E-state index contributed by atoms with van der Waals surface area (Å²) >= 11 is 0. The molecular formula is C28H39N5O7. The molecule has 4 rings (SSSR count). The normalized spacial score (nSPS) is 20.6. The maximum atomic E-state index is 13.7. The average molecular weight is 558 g/mol. The Bertz CT molecular complexity index is 1210. The van der Waals surface area contributed by atoms with Crippen LogP contribution < -0.4 is 15.4 Å². The third kappa shape index (κ3) is 6.39. The lowest BCUT2D eigenvalue weighted by Gasteiger charge is -2.38. The van der Waals surface area contributed by atoms with Crippen LogP contribution in [-0.4, -0.2) is 90.0 Å². The number of para-hydroxylation sites is 1. The number of hydrogen-bond acceptors (Lipinski definition) is 8. The topological polar surface area (TPSA) is 146 Å². The fourth-order valence-electron chi connectivity index (χ4n) is 4.97. The highest BCUT2D eigenvalue weighted by molar-refractivity contribution is 6.02. The summed E-state index contributed by atoms with van der Waals surface area (Å²) in [5, 5.41) is 19.6. The van der Waals surface area contributed by atoms with E-state index in [9.17, 15) is 19.5 Å². The van der Waals surface area contributed by atoms with E-state index in [0.29, 0.717) is 55.4 Å². The first-order valence-electron chi connectivity index (χ1n) is 13.7. The van der Waals surface area contributed by atoms with Crippen molar-refractivity contribution in [3.63, 3.8) is 0 Å². The molecule has 0 unspecified atom stereocenters. The molecule has 0 spiro atoms. The lowest BCUT2D eigenvalue weighted by Crippen LogP contribution is -2.50. The van der Waals surface area contributed by atoms with Crippen LogP contribution in [0.5, 0.6) is 5.75 Å². The van der Waals surface area contributed by atoms with Gasteiger partial charge in [-0.3, -0.25) is 9.59 Å². The van der Waals surface area contributed by atoms with Crippen LogP contribution in [0, 0.1) is 25.7 Å². The zero-order chi connectivity index (χ0) is 29.0. The first-order valence-corrected chi connectivity index (χ1v) is 13.7. The number of aromatic nitrogens is 1. The predicted octanol–water partition coefficient (Wildman–Crippen LogP) is 3.04. The molecule has 3 atom stereocenters. The van der Waals surface area contributed by atoms with Crippen molar-refractivity contribution in [1.82, 2.24) is 15.0 Å². The summed E-state index contributed by atoms with van der Waals surface area (Å²) in [4.78, 5) is 43.0. The van der Waals surface area contributed by atoms with Crippen LogP contribution in [-0.2, 0) is 9.53 Å². The number of anilines is 2. The minimum absolute atomic E-state index is 0.157. The second kappa shape index (κ2) is 12.7. The van der Waals surface area contributed by atoms with Crippen LogP contribution in [0.15, 0.2) is 22.7 Å². The predicted molar refractivity (Wildman–Crippen MR) is 147 cm³/mol. The molecule has 2 aliphatic heterocycles. The zero-order valence-corrected chi connectivity index (χ0v) is 23.7. The summed E-state index contributed by atoms with van der Waals surface area (Å²) in [5.74, 6) is -0.127. The number of nitrogens with one attached hydrogen (secondary N) is 2. The highest BCUT2D eigenvalue weighted by atomic mass is 16.5. The highest BCUT2D eigenvalue weighted by Crippen LogP contribution is 2.35. The van der Waals surface area contributed by atoms with E-state index in [1.807, 2.05) is 6.92 Å². The largest absolute Gasteiger partial charge is 0.485 e. The molecule has 218 valence electrons. The van der Waals surface area contributed by atoms with Crippen LogP contribution in [0.2, 0.25) is 0 Å². The number of nitrogens with zero attached hydrogens (tertiary/aromatic N) is 3. The van der Waals surface area contributed by atoms with Crippen molar-refractivity contribution in [1.29, 1.82) is 0 Å². The van der Waals surface area contributed by atoms with E-state index < -0.39 is 12.1 Å². The van der Waals surface area contributed by atoms with Crippen molar-refractivity contribution in [3.05, 3.63) is 35.2 Å². The molecule has 1 aromatic heterocycles. The third-order valence-corrected chi connectivity index (χ3v) is 7.61. The van der Waals surface area contributed by atoms with Gasteiger partial charge < -0.3 is 39.5 Å². The lowest BCUT2D eigenvalue weighted by molar-refractivity contribution is -0.122. The first-order chi connectivity index (χ1) is 19.1. The fraction of sp³-hybridized carbons (Fsp3) is 0.571. The molecule has 0 bridgehead atoms. The molecular weight excluding hydrogens is 518 g/mol. The van der Waals surface area contributed by atoms with E-state index in [4.69, 9.17) is 14.0 Å². The van der Waals surface area contributed by atoms with E-state index >= 15 is 0 Å². The third-order valence-electron chi connectivity index (χ3n) is 7.61. The SMILES string of the molecule is Cc1noc(C)c1NC(=O)N(C)C[C@@H]1Oc2c(NC(=O)C3CCOCC3)cccc2C(=O)N([C@@H](C)CO)C[C@@H]1C. The van der Waals surface area contributed by atoms with Gasteiger partial charge in [-0.1, -0.05) is 18.1 Å². The fourth-order valence-corrected chi connectivity index (χ4v) is 4.97. The molecule has 1 aromatic carbocycles. The van der Waals surface area contributed by atoms with Gasteiger partial charge in [0, 0.05) is 38.6 Å². The number of likely N-dealkylation sites (N-methyl/N-ethyl adjacent to an activating group) is 1. The molecule has 3 heterocycles. The number of aliphatic hydroxyl groups excluding tert-OH is 1. The monoisotopic (exact) mass is 557 g/mol. The number of hydrogen-bond donors (Lipinski definition) is 3. The van der Waals surface area contributed by atoms with E-state index in [0.717, 1.165) is 0 Å². The molecule has 2 aliphatic rings. The van der Waals surface area contributed by atoms with Gasteiger partial charge in [0.05, 0.1) is 30.4 Å². The van der Waals surface area contributed by atoms with Crippen LogP contribution in [0.4, 0.5) is 16.2 Å². The number of rotatable bonds is 7. The molecule has 4 amide bonds. The molecule has 40 heavy (non-hydrogen) atoms. The Hall–Kier alpha value is -3.64. The first kappa shape index (κ1) is 29.3. The Labute approximate surface area is 234 Å². The molecule has 0 saturated carbocycles. The van der Waals surface area contributed by atoms with Crippen molar-refractivity contribution >= 4 is 29.2 Å². The number of urea groups is 1.